The lowest BCUT2D eigenvalue weighted by Crippen LogP contribution is -2.27. The number of nitrogens with two attached hydrogens (primary N) is 1. The largest absolute Gasteiger partial charge is 0.324 e. The number of fused-ring (bicyclic) bond motifs is 1. The van der Waals surface area contributed by atoms with E-state index in [1.54, 1.807) is 0 Å². The third-order valence-corrected chi connectivity index (χ3v) is 6.59. The van der Waals surface area contributed by atoms with Crippen LogP contribution in [0.1, 0.15) is 23.5 Å². The van der Waals surface area contributed by atoms with Gasteiger partial charge in [-0.2, -0.15) is 0 Å². The van der Waals surface area contributed by atoms with Crippen molar-refractivity contribution < 1.29 is 0 Å². The molecule has 164 valence electrons. The van der Waals surface area contributed by atoms with Crippen LogP contribution in [0.25, 0.3) is 27.7 Å². The highest BCUT2D eigenvalue weighted by Gasteiger charge is 2.51. The molecule has 5 heteroatoms. The minimum absolute atomic E-state index is 0. The van der Waals surface area contributed by atoms with Gasteiger partial charge in [0.1, 0.15) is 5.69 Å². The van der Waals surface area contributed by atoms with E-state index >= 15 is 0 Å². The summed E-state index contributed by atoms with van der Waals surface area (Å²) in [5.74, 6) is 0.388. The van der Waals surface area contributed by atoms with Crippen LogP contribution in [0.4, 0.5) is 0 Å². The first-order valence-electron chi connectivity index (χ1n) is 11.0. The van der Waals surface area contributed by atoms with Crippen molar-refractivity contribution in [3.63, 3.8) is 0 Å². The van der Waals surface area contributed by atoms with E-state index in [0.29, 0.717) is 5.92 Å². The summed E-state index contributed by atoms with van der Waals surface area (Å²) in [4.78, 5) is 0. The molecule has 0 unspecified atom stereocenters. The van der Waals surface area contributed by atoms with E-state index in [2.05, 4.69) is 77.0 Å². The van der Waals surface area contributed by atoms with Gasteiger partial charge in [-0.1, -0.05) is 90.1 Å². The molecule has 1 heterocycles. The standard InChI is InChI=1S/C28H24N4.ClH/c29-28(17-20-10-11-21-6-4-5-9-24(21)16-20)18-26(28)22-12-14-25(15-13-22)32-19-27(30-31-32)23-7-2-1-3-8-23;/h1-16,19,26H,17-18,29H2;1H/t26-,28-;/m1./s1. The maximum Gasteiger partial charge on any atom is 0.113 e. The Kier molecular flexibility index (Phi) is 5.49. The monoisotopic (exact) mass is 452 g/mol. The molecule has 4 nitrogen and oxygen atoms in total. The zero-order chi connectivity index (χ0) is 21.5. The molecule has 2 atom stereocenters. The number of benzene rings is 4. The minimum atomic E-state index is -0.169. The number of nitrogens with zero attached hydrogens (tertiary/aromatic N) is 3. The van der Waals surface area contributed by atoms with Crippen molar-refractivity contribution in [2.75, 3.05) is 0 Å². The van der Waals surface area contributed by atoms with Crippen LogP contribution in [0.2, 0.25) is 0 Å². The Morgan fingerprint density at radius 2 is 1.58 bits per heavy atom. The van der Waals surface area contributed by atoms with Crippen LogP contribution in [0.15, 0.2) is 103 Å². The molecule has 4 aromatic carbocycles. The lowest BCUT2D eigenvalue weighted by Gasteiger charge is -2.13. The lowest BCUT2D eigenvalue weighted by atomic mass is 9.97. The maximum atomic E-state index is 6.79. The van der Waals surface area contributed by atoms with Crippen LogP contribution in [0.5, 0.6) is 0 Å². The number of hydrogen-bond donors (Lipinski definition) is 1. The summed E-state index contributed by atoms with van der Waals surface area (Å²) < 4.78 is 1.82. The van der Waals surface area contributed by atoms with Gasteiger partial charge in [-0.05, 0) is 46.9 Å². The highest BCUT2D eigenvalue weighted by Crippen LogP contribution is 2.51. The molecule has 1 aliphatic carbocycles. The third kappa shape index (κ3) is 4.15. The summed E-state index contributed by atoms with van der Waals surface area (Å²) in [5.41, 5.74) is 12.2. The maximum absolute atomic E-state index is 6.79. The predicted octanol–water partition coefficient (Wildman–Crippen LogP) is 5.94. The molecule has 1 aliphatic rings. The molecule has 6 rings (SSSR count). The van der Waals surface area contributed by atoms with Gasteiger partial charge in [0.25, 0.3) is 0 Å². The van der Waals surface area contributed by atoms with Gasteiger partial charge in [-0.3, -0.25) is 0 Å². The fourth-order valence-electron chi connectivity index (χ4n) is 4.69. The summed E-state index contributed by atoms with van der Waals surface area (Å²) in [6.07, 6.45) is 3.88. The van der Waals surface area contributed by atoms with Crippen LogP contribution in [0, 0.1) is 0 Å². The van der Waals surface area contributed by atoms with Crippen LogP contribution in [-0.4, -0.2) is 20.5 Å². The van der Waals surface area contributed by atoms with Gasteiger partial charge in [0, 0.05) is 17.0 Å². The van der Waals surface area contributed by atoms with Gasteiger partial charge >= 0.3 is 0 Å². The number of rotatable bonds is 5. The van der Waals surface area contributed by atoms with E-state index in [9.17, 15) is 0 Å². The Hall–Kier alpha value is -3.47. The van der Waals surface area contributed by atoms with Crippen LogP contribution in [-0.2, 0) is 6.42 Å². The van der Waals surface area contributed by atoms with Crippen molar-refractivity contribution >= 4 is 23.2 Å². The first-order valence-corrected chi connectivity index (χ1v) is 11.0. The topological polar surface area (TPSA) is 56.7 Å². The molecule has 33 heavy (non-hydrogen) atoms. The van der Waals surface area contributed by atoms with E-state index in [1.165, 1.54) is 21.9 Å². The van der Waals surface area contributed by atoms with Crippen molar-refractivity contribution in [1.82, 2.24) is 15.0 Å². The van der Waals surface area contributed by atoms with Gasteiger partial charge in [0.15, 0.2) is 0 Å². The third-order valence-electron chi connectivity index (χ3n) is 6.59. The van der Waals surface area contributed by atoms with E-state index < -0.39 is 0 Å². The quantitative estimate of drug-likeness (QED) is 0.359. The predicted molar refractivity (Wildman–Crippen MR) is 136 cm³/mol. The Morgan fingerprint density at radius 3 is 2.36 bits per heavy atom. The summed E-state index contributed by atoms with van der Waals surface area (Å²) in [5, 5.41) is 11.2. The van der Waals surface area contributed by atoms with Crippen molar-refractivity contribution in [2.45, 2.75) is 24.3 Å². The molecule has 0 amide bonds. The van der Waals surface area contributed by atoms with Gasteiger partial charge < -0.3 is 5.73 Å². The molecule has 0 radical (unpaired) electrons. The zero-order valence-corrected chi connectivity index (χ0v) is 19.0. The summed E-state index contributed by atoms with van der Waals surface area (Å²) in [7, 11) is 0. The second-order valence-corrected chi connectivity index (χ2v) is 8.85. The number of hydrogen-bond acceptors (Lipinski definition) is 3. The molecule has 0 saturated heterocycles. The van der Waals surface area contributed by atoms with Crippen LogP contribution >= 0.6 is 12.4 Å². The number of aromatic nitrogens is 3. The average molecular weight is 453 g/mol. The van der Waals surface area contributed by atoms with E-state index in [4.69, 9.17) is 5.73 Å². The molecule has 5 aromatic rings. The van der Waals surface area contributed by atoms with E-state index in [1.807, 2.05) is 41.2 Å². The Bertz CT molecular complexity index is 1390. The van der Waals surface area contributed by atoms with Crippen molar-refractivity contribution in [1.29, 1.82) is 0 Å². The summed E-state index contributed by atoms with van der Waals surface area (Å²) in [6.45, 7) is 0. The molecule has 0 aliphatic heterocycles. The van der Waals surface area contributed by atoms with Crippen molar-refractivity contribution in [3.05, 3.63) is 114 Å². The van der Waals surface area contributed by atoms with Gasteiger partial charge in [0.05, 0.1) is 11.9 Å². The highest BCUT2D eigenvalue weighted by molar-refractivity contribution is 5.85. The summed E-state index contributed by atoms with van der Waals surface area (Å²) in [6, 6.07) is 33.8. The Morgan fingerprint density at radius 1 is 0.848 bits per heavy atom. The molecule has 1 saturated carbocycles. The molecule has 1 fully saturated rings. The molecule has 1 aromatic heterocycles. The second-order valence-electron chi connectivity index (χ2n) is 8.85. The fourth-order valence-corrected chi connectivity index (χ4v) is 4.69. The Balaban J connectivity index is 0.00000228. The SMILES string of the molecule is Cl.N[C@]1(Cc2ccc3ccccc3c2)C[C@@H]1c1ccc(-n2cc(-c3ccccc3)nn2)cc1. The van der Waals surface area contributed by atoms with Gasteiger partial charge in [-0.15, -0.1) is 17.5 Å². The molecule has 0 bridgehead atoms. The van der Waals surface area contributed by atoms with Crippen LogP contribution < -0.4 is 5.73 Å². The average Bonchev–Trinajstić information content (AvgIpc) is 3.26. The molecule has 0 spiro atoms. The number of halogens is 1. The first-order chi connectivity index (χ1) is 15.7. The first kappa shape index (κ1) is 21.4. The van der Waals surface area contributed by atoms with E-state index in [-0.39, 0.29) is 17.9 Å². The molecular formula is C28H25ClN4. The van der Waals surface area contributed by atoms with Crippen molar-refractivity contribution in [3.8, 4) is 16.9 Å². The normalized spacial score (nSPS) is 19.2. The minimum Gasteiger partial charge on any atom is -0.324 e. The zero-order valence-electron chi connectivity index (χ0n) is 18.1. The highest BCUT2D eigenvalue weighted by atomic mass is 35.5. The Labute approximate surface area is 199 Å². The van der Waals surface area contributed by atoms with Gasteiger partial charge in [0.2, 0.25) is 0 Å². The molecule has 2 N–H and O–H groups in total. The fraction of sp³-hybridized carbons (Fsp3) is 0.143. The molecular weight excluding hydrogens is 428 g/mol. The summed E-state index contributed by atoms with van der Waals surface area (Å²) >= 11 is 0. The smallest absolute Gasteiger partial charge is 0.113 e. The van der Waals surface area contributed by atoms with Crippen LogP contribution in [0.3, 0.4) is 0 Å². The lowest BCUT2D eigenvalue weighted by molar-refractivity contribution is 0.646. The van der Waals surface area contributed by atoms with Gasteiger partial charge in [-0.25, -0.2) is 4.68 Å². The van der Waals surface area contributed by atoms with E-state index in [0.717, 1.165) is 29.8 Å². The van der Waals surface area contributed by atoms with Crippen molar-refractivity contribution in [2.24, 2.45) is 5.73 Å². The second kappa shape index (κ2) is 8.47.